The molecule has 1 aliphatic heterocycles. The van der Waals surface area contributed by atoms with Crippen LogP contribution in [0.15, 0.2) is 29.6 Å². The Morgan fingerprint density at radius 3 is 2.81 bits per heavy atom. The summed E-state index contributed by atoms with van der Waals surface area (Å²) in [4.78, 5) is 27.6. The van der Waals surface area contributed by atoms with Gasteiger partial charge in [0.25, 0.3) is 0 Å². The molecule has 0 unspecified atom stereocenters. The number of nitrogens with one attached hydrogen (secondary N) is 2. The van der Waals surface area contributed by atoms with Crippen LogP contribution in [0.25, 0.3) is 0 Å². The van der Waals surface area contributed by atoms with E-state index >= 15 is 0 Å². The summed E-state index contributed by atoms with van der Waals surface area (Å²) >= 11 is 1.26. The Bertz CT molecular complexity index is 696. The van der Waals surface area contributed by atoms with Crippen LogP contribution in [-0.4, -0.2) is 22.7 Å². The van der Waals surface area contributed by atoms with Crippen molar-refractivity contribution in [1.82, 2.24) is 10.3 Å². The lowest BCUT2D eigenvalue weighted by Crippen LogP contribution is -2.44. The van der Waals surface area contributed by atoms with Crippen molar-refractivity contribution in [2.45, 2.75) is 25.9 Å². The second kappa shape index (κ2) is 5.75. The SMILES string of the molecule is CC(=O)c1csc(NC(=O)[C@H]2Cc3ccccc3CN2)n1. The molecule has 0 radical (unpaired) electrons. The number of benzene rings is 1. The van der Waals surface area contributed by atoms with Gasteiger partial charge in [0.15, 0.2) is 10.9 Å². The number of carbonyl (C=O) groups excluding carboxylic acids is 2. The molecule has 0 saturated heterocycles. The predicted octanol–water partition coefficient (Wildman–Crippen LogP) is 2.00. The number of aromatic nitrogens is 1. The lowest BCUT2D eigenvalue weighted by atomic mass is 9.95. The third-order valence-electron chi connectivity index (χ3n) is 3.49. The molecular weight excluding hydrogens is 286 g/mol. The topological polar surface area (TPSA) is 71.1 Å². The molecule has 2 N–H and O–H groups in total. The maximum absolute atomic E-state index is 12.3. The maximum atomic E-state index is 12.3. The zero-order valence-electron chi connectivity index (χ0n) is 11.6. The Hall–Kier alpha value is -2.05. The minimum atomic E-state index is -0.274. The number of nitrogens with zero attached hydrogens (tertiary/aromatic N) is 1. The van der Waals surface area contributed by atoms with Crippen molar-refractivity contribution in [3.05, 3.63) is 46.5 Å². The van der Waals surface area contributed by atoms with E-state index < -0.39 is 0 Å². The second-order valence-electron chi connectivity index (χ2n) is 4.99. The fourth-order valence-corrected chi connectivity index (χ4v) is 3.08. The number of carbonyl (C=O) groups is 2. The van der Waals surface area contributed by atoms with E-state index in [0.717, 1.165) is 0 Å². The fraction of sp³-hybridized carbons (Fsp3) is 0.267. The van der Waals surface area contributed by atoms with Crippen LogP contribution in [-0.2, 0) is 17.8 Å². The molecule has 1 aromatic heterocycles. The van der Waals surface area contributed by atoms with E-state index in [1.165, 1.54) is 29.4 Å². The summed E-state index contributed by atoms with van der Waals surface area (Å²) in [7, 11) is 0. The lowest BCUT2D eigenvalue weighted by Gasteiger charge is -2.24. The summed E-state index contributed by atoms with van der Waals surface area (Å²) in [5.74, 6) is -0.217. The van der Waals surface area contributed by atoms with Crippen LogP contribution in [0.1, 0.15) is 28.5 Å². The number of hydrogen-bond donors (Lipinski definition) is 2. The fourth-order valence-electron chi connectivity index (χ4n) is 2.33. The van der Waals surface area contributed by atoms with Gasteiger partial charge in [0.2, 0.25) is 5.91 Å². The largest absolute Gasteiger partial charge is 0.301 e. The highest BCUT2D eigenvalue weighted by atomic mass is 32.1. The van der Waals surface area contributed by atoms with E-state index in [0.29, 0.717) is 23.8 Å². The molecule has 1 aromatic carbocycles. The van der Waals surface area contributed by atoms with Crippen LogP contribution in [0, 0.1) is 0 Å². The molecule has 0 spiro atoms. The third kappa shape index (κ3) is 3.01. The minimum Gasteiger partial charge on any atom is -0.301 e. The van der Waals surface area contributed by atoms with Gasteiger partial charge in [-0.1, -0.05) is 24.3 Å². The molecule has 1 atom stereocenters. The van der Waals surface area contributed by atoms with Crippen LogP contribution in [0.5, 0.6) is 0 Å². The summed E-state index contributed by atoms with van der Waals surface area (Å²) in [5, 5.41) is 8.11. The van der Waals surface area contributed by atoms with Gasteiger partial charge in [0.05, 0.1) is 6.04 Å². The first kappa shape index (κ1) is 13.9. The summed E-state index contributed by atoms with van der Waals surface area (Å²) in [6.45, 7) is 2.14. The molecule has 0 aliphatic carbocycles. The molecule has 2 heterocycles. The predicted molar refractivity (Wildman–Crippen MR) is 81.5 cm³/mol. The van der Waals surface area contributed by atoms with Gasteiger partial charge in [-0.25, -0.2) is 4.98 Å². The van der Waals surface area contributed by atoms with E-state index in [1.807, 2.05) is 18.2 Å². The zero-order valence-corrected chi connectivity index (χ0v) is 12.4. The van der Waals surface area contributed by atoms with E-state index in [1.54, 1.807) is 5.38 Å². The number of hydrogen-bond acceptors (Lipinski definition) is 5. The van der Waals surface area contributed by atoms with E-state index in [-0.39, 0.29) is 17.7 Å². The van der Waals surface area contributed by atoms with Crippen molar-refractivity contribution >= 4 is 28.2 Å². The van der Waals surface area contributed by atoms with E-state index in [4.69, 9.17) is 0 Å². The van der Waals surface area contributed by atoms with Crippen LogP contribution in [0.4, 0.5) is 5.13 Å². The van der Waals surface area contributed by atoms with Gasteiger partial charge in [-0.15, -0.1) is 11.3 Å². The molecule has 0 saturated carbocycles. The first-order valence-corrected chi connectivity index (χ1v) is 7.59. The van der Waals surface area contributed by atoms with Crippen molar-refractivity contribution < 1.29 is 9.59 Å². The van der Waals surface area contributed by atoms with Crippen molar-refractivity contribution in [3.8, 4) is 0 Å². The summed E-state index contributed by atoms with van der Waals surface area (Å²) in [5.41, 5.74) is 2.81. The van der Waals surface area contributed by atoms with Crippen molar-refractivity contribution in [2.75, 3.05) is 5.32 Å². The number of amides is 1. The van der Waals surface area contributed by atoms with Gasteiger partial charge in [0.1, 0.15) is 5.69 Å². The third-order valence-corrected chi connectivity index (χ3v) is 4.25. The molecule has 0 fully saturated rings. The molecule has 1 amide bonds. The number of Topliss-reactive ketones (excluding diaryl/α,β-unsaturated/α-hetero) is 1. The van der Waals surface area contributed by atoms with Gasteiger partial charge in [-0.05, 0) is 17.5 Å². The first-order valence-electron chi connectivity index (χ1n) is 6.71. The van der Waals surface area contributed by atoms with Crippen molar-refractivity contribution in [2.24, 2.45) is 0 Å². The number of rotatable bonds is 3. The highest BCUT2D eigenvalue weighted by Gasteiger charge is 2.24. The Kier molecular flexibility index (Phi) is 3.81. The second-order valence-corrected chi connectivity index (χ2v) is 5.85. The molecule has 108 valence electrons. The number of anilines is 1. The number of thiazole rings is 1. The van der Waals surface area contributed by atoms with Crippen LogP contribution in [0.3, 0.4) is 0 Å². The molecule has 1 aliphatic rings. The Labute approximate surface area is 126 Å². The monoisotopic (exact) mass is 301 g/mol. The molecular formula is C15H15N3O2S. The molecule has 5 nitrogen and oxygen atoms in total. The summed E-state index contributed by atoms with van der Waals surface area (Å²) in [6, 6.07) is 7.83. The van der Waals surface area contributed by atoms with Crippen LogP contribution < -0.4 is 10.6 Å². The average Bonchev–Trinajstić information content (AvgIpc) is 2.95. The van der Waals surface area contributed by atoms with Gasteiger partial charge in [-0.2, -0.15) is 0 Å². The summed E-state index contributed by atoms with van der Waals surface area (Å²) < 4.78 is 0. The van der Waals surface area contributed by atoms with E-state index in [2.05, 4.69) is 21.7 Å². The summed E-state index contributed by atoms with van der Waals surface area (Å²) in [6.07, 6.45) is 0.660. The standard InChI is InChI=1S/C15H15N3O2S/c1-9(19)13-8-21-15(17-13)18-14(20)12-6-10-4-2-3-5-11(10)7-16-12/h2-5,8,12,16H,6-7H2,1H3,(H,17,18,20)/t12-/m1/s1. The number of fused-ring (bicyclic) bond motifs is 1. The molecule has 21 heavy (non-hydrogen) atoms. The average molecular weight is 301 g/mol. The quantitative estimate of drug-likeness (QED) is 0.851. The van der Waals surface area contributed by atoms with Crippen molar-refractivity contribution in [1.29, 1.82) is 0 Å². The highest BCUT2D eigenvalue weighted by molar-refractivity contribution is 7.14. The normalized spacial score (nSPS) is 17.1. The van der Waals surface area contributed by atoms with Gasteiger partial charge < -0.3 is 10.6 Å². The number of ketones is 1. The smallest absolute Gasteiger partial charge is 0.243 e. The molecule has 0 bridgehead atoms. The highest BCUT2D eigenvalue weighted by Crippen LogP contribution is 2.19. The molecule has 6 heteroatoms. The van der Waals surface area contributed by atoms with Gasteiger partial charge in [0, 0.05) is 18.8 Å². The maximum Gasteiger partial charge on any atom is 0.243 e. The lowest BCUT2D eigenvalue weighted by molar-refractivity contribution is -0.118. The molecule has 2 aromatic rings. The van der Waals surface area contributed by atoms with Crippen LogP contribution >= 0.6 is 11.3 Å². The van der Waals surface area contributed by atoms with Crippen molar-refractivity contribution in [3.63, 3.8) is 0 Å². The first-order chi connectivity index (χ1) is 10.1. The Morgan fingerprint density at radius 2 is 2.10 bits per heavy atom. The minimum absolute atomic E-state index is 0.100. The van der Waals surface area contributed by atoms with E-state index in [9.17, 15) is 9.59 Å². The van der Waals surface area contributed by atoms with Gasteiger partial charge >= 0.3 is 0 Å². The Balaban J connectivity index is 1.67. The van der Waals surface area contributed by atoms with Crippen LogP contribution in [0.2, 0.25) is 0 Å². The van der Waals surface area contributed by atoms with Gasteiger partial charge in [-0.3, -0.25) is 9.59 Å². The zero-order chi connectivity index (χ0) is 14.8. The Morgan fingerprint density at radius 1 is 1.33 bits per heavy atom. The molecule has 3 rings (SSSR count).